The summed E-state index contributed by atoms with van der Waals surface area (Å²) in [6.07, 6.45) is 2.04. The van der Waals surface area contributed by atoms with E-state index in [9.17, 15) is 0 Å². The second kappa shape index (κ2) is 5.44. The van der Waals surface area contributed by atoms with Crippen LogP contribution in [0.3, 0.4) is 0 Å². The van der Waals surface area contributed by atoms with Gasteiger partial charge in [-0.2, -0.15) is 0 Å². The highest BCUT2D eigenvalue weighted by molar-refractivity contribution is 9.11. The van der Waals surface area contributed by atoms with Gasteiger partial charge in [-0.3, -0.25) is 0 Å². The van der Waals surface area contributed by atoms with E-state index >= 15 is 0 Å². The Morgan fingerprint density at radius 2 is 2.33 bits per heavy atom. The minimum absolute atomic E-state index is 1.13. The zero-order valence-electron chi connectivity index (χ0n) is 6.96. The van der Waals surface area contributed by atoms with Crippen LogP contribution in [0.5, 0.6) is 0 Å². The fraction of sp³-hybridized carbons (Fsp3) is 0.200. The van der Waals surface area contributed by atoms with Crippen LogP contribution in [0.4, 0.5) is 0 Å². The fourth-order valence-corrected chi connectivity index (χ4v) is 1.98. The third-order valence-corrected chi connectivity index (χ3v) is 2.56. The molecule has 0 aromatic heterocycles. The van der Waals surface area contributed by atoms with E-state index in [0.717, 1.165) is 5.75 Å². The van der Waals surface area contributed by atoms with Crippen molar-refractivity contribution in [2.45, 2.75) is 11.8 Å². The average molecular weight is 243 g/mol. The van der Waals surface area contributed by atoms with Crippen molar-refractivity contribution in [3.8, 4) is 0 Å². The van der Waals surface area contributed by atoms with Crippen LogP contribution in [-0.2, 0) is 0 Å². The molecule has 0 saturated heterocycles. The molecular formula is C10H11BrS. The predicted octanol–water partition coefficient (Wildman–Crippen LogP) is 4.16. The molecule has 1 rings (SSSR count). The molecule has 0 unspecified atom stereocenters. The molecule has 0 amide bonds. The van der Waals surface area contributed by atoms with Gasteiger partial charge in [0.05, 0.1) is 0 Å². The molecule has 1 aromatic rings. The van der Waals surface area contributed by atoms with Crippen LogP contribution in [0.2, 0.25) is 0 Å². The van der Waals surface area contributed by atoms with Crippen molar-refractivity contribution in [1.82, 2.24) is 0 Å². The minimum Gasteiger partial charge on any atom is -0.126 e. The van der Waals surface area contributed by atoms with Gasteiger partial charge in [0.1, 0.15) is 0 Å². The quantitative estimate of drug-likeness (QED) is 0.718. The Balaban J connectivity index is 2.80. The molecule has 0 bridgehead atoms. The molecule has 0 nitrogen and oxygen atoms in total. The van der Waals surface area contributed by atoms with E-state index in [0.29, 0.717) is 0 Å². The molecule has 0 atom stereocenters. The first kappa shape index (κ1) is 9.87. The lowest BCUT2D eigenvalue weighted by Crippen LogP contribution is -1.74. The van der Waals surface area contributed by atoms with Crippen LogP contribution < -0.4 is 0 Å². The van der Waals surface area contributed by atoms with Gasteiger partial charge in [0, 0.05) is 4.90 Å². The zero-order valence-corrected chi connectivity index (χ0v) is 9.36. The van der Waals surface area contributed by atoms with Crippen molar-refractivity contribution < 1.29 is 0 Å². The summed E-state index contributed by atoms with van der Waals surface area (Å²) in [7, 11) is 0. The monoisotopic (exact) mass is 242 g/mol. The number of benzene rings is 1. The summed E-state index contributed by atoms with van der Waals surface area (Å²) in [5.74, 6) is 1.13. The highest BCUT2D eigenvalue weighted by Gasteiger charge is 1.91. The SMILES string of the molecule is CCSc1cccc(/C=C/Br)c1. The summed E-state index contributed by atoms with van der Waals surface area (Å²) >= 11 is 5.13. The highest BCUT2D eigenvalue weighted by atomic mass is 79.9. The largest absolute Gasteiger partial charge is 0.126 e. The van der Waals surface area contributed by atoms with Gasteiger partial charge in [-0.05, 0) is 34.5 Å². The van der Waals surface area contributed by atoms with Crippen LogP contribution >= 0.6 is 27.7 Å². The molecule has 0 heterocycles. The molecule has 0 aliphatic heterocycles. The summed E-state index contributed by atoms with van der Waals surface area (Å²) in [6, 6.07) is 8.50. The molecule has 0 fully saturated rings. The second-order valence-corrected chi connectivity index (χ2v) is 4.16. The first-order valence-electron chi connectivity index (χ1n) is 3.86. The zero-order chi connectivity index (χ0) is 8.81. The maximum atomic E-state index is 3.26. The van der Waals surface area contributed by atoms with Gasteiger partial charge in [0.15, 0.2) is 0 Å². The van der Waals surface area contributed by atoms with Gasteiger partial charge in [0.25, 0.3) is 0 Å². The molecule has 0 spiro atoms. The average Bonchev–Trinajstić information content (AvgIpc) is 2.06. The van der Waals surface area contributed by atoms with Crippen LogP contribution in [0.1, 0.15) is 12.5 Å². The second-order valence-electron chi connectivity index (χ2n) is 2.30. The number of hydrogen-bond donors (Lipinski definition) is 0. The van der Waals surface area contributed by atoms with Crippen LogP contribution in [0.25, 0.3) is 6.08 Å². The van der Waals surface area contributed by atoms with E-state index in [1.807, 2.05) is 22.8 Å². The number of thioether (sulfide) groups is 1. The van der Waals surface area contributed by atoms with Crippen LogP contribution in [0, 0.1) is 0 Å². The first-order chi connectivity index (χ1) is 5.86. The Morgan fingerprint density at radius 1 is 1.50 bits per heavy atom. The van der Waals surface area contributed by atoms with E-state index in [1.165, 1.54) is 10.5 Å². The van der Waals surface area contributed by atoms with Gasteiger partial charge in [-0.15, -0.1) is 11.8 Å². The summed E-state index contributed by atoms with van der Waals surface area (Å²) in [5.41, 5.74) is 1.24. The summed E-state index contributed by atoms with van der Waals surface area (Å²) in [4.78, 5) is 3.21. The van der Waals surface area contributed by atoms with Gasteiger partial charge < -0.3 is 0 Å². The Morgan fingerprint density at radius 3 is 3.00 bits per heavy atom. The first-order valence-corrected chi connectivity index (χ1v) is 5.76. The third kappa shape index (κ3) is 3.03. The summed E-state index contributed by atoms with van der Waals surface area (Å²) in [5, 5.41) is 0. The lowest BCUT2D eigenvalue weighted by molar-refractivity contribution is 1.42. The molecule has 0 N–H and O–H groups in total. The molecular weight excluding hydrogens is 232 g/mol. The predicted molar refractivity (Wildman–Crippen MR) is 60.8 cm³/mol. The van der Waals surface area contributed by atoms with E-state index in [4.69, 9.17) is 0 Å². The smallest absolute Gasteiger partial charge is 0.00778 e. The van der Waals surface area contributed by atoms with Crippen molar-refractivity contribution in [3.63, 3.8) is 0 Å². The van der Waals surface area contributed by atoms with E-state index in [2.05, 4.69) is 47.1 Å². The van der Waals surface area contributed by atoms with E-state index in [-0.39, 0.29) is 0 Å². The Labute approximate surface area is 86.2 Å². The Bertz CT molecular complexity index is 268. The van der Waals surface area contributed by atoms with Gasteiger partial charge in [0.2, 0.25) is 0 Å². The lowest BCUT2D eigenvalue weighted by atomic mass is 10.2. The maximum absolute atomic E-state index is 3.26. The maximum Gasteiger partial charge on any atom is 0.00778 e. The van der Waals surface area contributed by atoms with Gasteiger partial charge in [-0.25, -0.2) is 0 Å². The molecule has 1 aromatic carbocycles. The minimum atomic E-state index is 1.13. The highest BCUT2D eigenvalue weighted by Crippen LogP contribution is 2.19. The number of hydrogen-bond acceptors (Lipinski definition) is 1. The van der Waals surface area contributed by atoms with E-state index < -0.39 is 0 Å². The lowest BCUT2D eigenvalue weighted by Gasteiger charge is -1.98. The molecule has 0 radical (unpaired) electrons. The van der Waals surface area contributed by atoms with Crippen LogP contribution in [0.15, 0.2) is 34.1 Å². The van der Waals surface area contributed by atoms with Gasteiger partial charge in [-0.1, -0.05) is 35.0 Å². The molecule has 0 aliphatic rings. The third-order valence-electron chi connectivity index (χ3n) is 1.42. The molecule has 2 heteroatoms. The van der Waals surface area contributed by atoms with Crippen molar-refractivity contribution in [2.75, 3.05) is 5.75 Å². The Hall–Kier alpha value is -0.210. The number of rotatable bonds is 3. The molecule has 0 saturated carbocycles. The van der Waals surface area contributed by atoms with Gasteiger partial charge >= 0.3 is 0 Å². The molecule has 64 valence electrons. The molecule has 0 aliphatic carbocycles. The van der Waals surface area contributed by atoms with Crippen molar-refractivity contribution in [1.29, 1.82) is 0 Å². The standard InChI is InChI=1S/C10H11BrS/c1-2-12-10-5-3-4-9(8-10)6-7-11/h3-8H,2H2,1H3/b7-6+. The fourth-order valence-electron chi connectivity index (χ4n) is 0.947. The van der Waals surface area contributed by atoms with E-state index in [1.54, 1.807) is 0 Å². The van der Waals surface area contributed by atoms with Crippen LogP contribution in [-0.4, -0.2) is 5.75 Å². The summed E-state index contributed by atoms with van der Waals surface area (Å²) in [6.45, 7) is 2.16. The summed E-state index contributed by atoms with van der Waals surface area (Å²) < 4.78 is 0. The number of halogens is 1. The Kier molecular flexibility index (Phi) is 4.48. The topological polar surface area (TPSA) is 0 Å². The van der Waals surface area contributed by atoms with Crippen molar-refractivity contribution in [3.05, 3.63) is 34.8 Å². The molecule has 12 heavy (non-hydrogen) atoms. The normalized spacial score (nSPS) is 10.8. The van der Waals surface area contributed by atoms with Crippen molar-refractivity contribution >= 4 is 33.8 Å². The van der Waals surface area contributed by atoms with Crippen molar-refractivity contribution in [2.24, 2.45) is 0 Å².